The van der Waals surface area contributed by atoms with E-state index in [-0.39, 0.29) is 22.9 Å². The molecule has 0 amide bonds. The van der Waals surface area contributed by atoms with Gasteiger partial charge < -0.3 is 9.64 Å². The van der Waals surface area contributed by atoms with Gasteiger partial charge in [-0.2, -0.15) is 0 Å². The zero-order chi connectivity index (χ0) is 16.3. The summed E-state index contributed by atoms with van der Waals surface area (Å²) < 4.78 is 40.6. The standard InChI is InChI=1S/C14H16ClF3N2O2/c1-19-2-4-20(5-3-19)9-13(21)10-6-11(15)8-12(7-10)22-14(16,17)18/h6-8H,2-5,9H2,1H3. The number of carbonyl (C=O) groups is 1. The normalized spacial score (nSPS) is 17.5. The smallest absolute Gasteiger partial charge is 0.406 e. The Kier molecular flexibility index (Phi) is 5.31. The van der Waals surface area contributed by atoms with Crippen molar-refractivity contribution in [3.63, 3.8) is 0 Å². The largest absolute Gasteiger partial charge is 0.573 e. The summed E-state index contributed by atoms with van der Waals surface area (Å²) in [4.78, 5) is 16.3. The predicted molar refractivity (Wildman–Crippen MR) is 76.4 cm³/mol. The van der Waals surface area contributed by atoms with Crippen molar-refractivity contribution in [2.75, 3.05) is 39.8 Å². The fraction of sp³-hybridized carbons (Fsp3) is 0.500. The number of Topliss-reactive ketones (excluding diaryl/α,β-unsaturated/α-hetero) is 1. The number of carbonyl (C=O) groups excluding carboxylic acids is 1. The first-order chi connectivity index (χ1) is 10.2. The Morgan fingerprint density at radius 1 is 1.23 bits per heavy atom. The Labute approximate surface area is 131 Å². The Morgan fingerprint density at radius 2 is 1.86 bits per heavy atom. The van der Waals surface area contributed by atoms with E-state index in [0.29, 0.717) is 0 Å². The van der Waals surface area contributed by atoms with E-state index in [1.54, 1.807) is 0 Å². The molecule has 2 rings (SSSR count). The minimum atomic E-state index is -4.82. The third-order valence-corrected chi connectivity index (χ3v) is 3.61. The van der Waals surface area contributed by atoms with Crippen LogP contribution in [0.5, 0.6) is 5.75 Å². The summed E-state index contributed by atoms with van der Waals surface area (Å²) in [5.74, 6) is -0.763. The molecule has 1 heterocycles. The molecule has 0 unspecified atom stereocenters. The fourth-order valence-electron chi connectivity index (χ4n) is 2.22. The molecule has 0 spiro atoms. The maximum Gasteiger partial charge on any atom is 0.573 e. The van der Waals surface area contributed by atoms with Crippen molar-refractivity contribution in [3.05, 3.63) is 28.8 Å². The molecule has 1 fully saturated rings. The summed E-state index contributed by atoms with van der Waals surface area (Å²) in [6.45, 7) is 3.35. The second kappa shape index (κ2) is 6.85. The minimum absolute atomic E-state index is 0.0310. The van der Waals surface area contributed by atoms with E-state index in [1.807, 2.05) is 11.9 Å². The zero-order valence-corrected chi connectivity index (χ0v) is 12.7. The van der Waals surface area contributed by atoms with Gasteiger partial charge in [-0.05, 0) is 25.2 Å². The number of halogens is 4. The molecule has 122 valence electrons. The van der Waals surface area contributed by atoms with Gasteiger partial charge in [0.05, 0.1) is 6.54 Å². The third-order valence-electron chi connectivity index (χ3n) is 3.39. The highest BCUT2D eigenvalue weighted by atomic mass is 35.5. The van der Waals surface area contributed by atoms with Gasteiger partial charge in [0.25, 0.3) is 0 Å². The van der Waals surface area contributed by atoms with Crippen LogP contribution in [0.2, 0.25) is 5.02 Å². The van der Waals surface area contributed by atoms with Gasteiger partial charge in [-0.3, -0.25) is 9.69 Å². The molecule has 1 aliphatic heterocycles. The number of benzene rings is 1. The molecule has 8 heteroatoms. The van der Waals surface area contributed by atoms with E-state index in [9.17, 15) is 18.0 Å². The van der Waals surface area contributed by atoms with Crippen LogP contribution in [0, 0.1) is 0 Å². The van der Waals surface area contributed by atoms with E-state index < -0.39 is 12.1 Å². The average Bonchev–Trinajstić information content (AvgIpc) is 2.38. The summed E-state index contributed by atoms with van der Waals surface area (Å²) in [6.07, 6.45) is -4.82. The number of likely N-dealkylation sites (N-methyl/N-ethyl adjacent to an activating group) is 1. The minimum Gasteiger partial charge on any atom is -0.406 e. The van der Waals surface area contributed by atoms with E-state index in [4.69, 9.17) is 11.6 Å². The van der Waals surface area contributed by atoms with Crippen molar-refractivity contribution in [2.24, 2.45) is 0 Å². The first kappa shape index (κ1) is 17.1. The number of hydrogen-bond donors (Lipinski definition) is 0. The SMILES string of the molecule is CN1CCN(CC(=O)c2cc(Cl)cc(OC(F)(F)F)c2)CC1. The topological polar surface area (TPSA) is 32.8 Å². The Bertz CT molecular complexity index is 543. The van der Waals surface area contributed by atoms with Gasteiger partial charge in [0.1, 0.15) is 5.75 Å². The lowest BCUT2D eigenvalue weighted by Crippen LogP contribution is -2.46. The quantitative estimate of drug-likeness (QED) is 0.791. The van der Waals surface area contributed by atoms with Crippen LogP contribution in [-0.2, 0) is 0 Å². The number of piperazine rings is 1. The Balaban J connectivity index is 2.06. The molecule has 0 saturated carbocycles. The van der Waals surface area contributed by atoms with E-state index >= 15 is 0 Å². The van der Waals surface area contributed by atoms with Crippen molar-refractivity contribution in [1.82, 2.24) is 9.80 Å². The summed E-state index contributed by atoms with van der Waals surface area (Å²) in [6, 6.07) is 3.45. The summed E-state index contributed by atoms with van der Waals surface area (Å²) in [5, 5.41) is 0.0310. The average molecular weight is 337 g/mol. The Morgan fingerprint density at radius 3 is 2.45 bits per heavy atom. The molecule has 1 saturated heterocycles. The van der Waals surface area contributed by atoms with Crippen LogP contribution in [-0.4, -0.2) is 61.7 Å². The van der Waals surface area contributed by atoms with E-state index in [0.717, 1.165) is 38.3 Å². The van der Waals surface area contributed by atoms with Crippen LogP contribution < -0.4 is 4.74 Å². The molecular formula is C14H16ClF3N2O2. The maximum atomic E-state index is 12.3. The molecule has 22 heavy (non-hydrogen) atoms. The number of alkyl halides is 3. The first-order valence-electron chi connectivity index (χ1n) is 6.73. The van der Waals surface area contributed by atoms with Crippen LogP contribution in [0.1, 0.15) is 10.4 Å². The van der Waals surface area contributed by atoms with Crippen molar-refractivity contribution >= 4 is 17.4 Å². The van der Waals surface area contributed by atoms with Gasteiger partial charge in [-0.25, -0.2) is 0 Å². The molecule has 0 aromatic heterocycles. The van der Waals surface area contributed by atoms with Crippen molar-refractivity contribution in [2.45, 2.75) is 6.36 Å². The lowest BCUT2D eigenvalue weighted by Gasteiger charge is -2.31. The number of hydrogen-bond acceptors (Lipinski definition) is 4. The summed E-state index contributed by atoms with van der Waals surface area (Å²) in [7, 11) is 2.00. The lowest BCUT2D eigenvalue weighted by molar-refractivity contribution is -0.274. The van der Waals surface area contributed by atoms with Gasteiger partial charge in [0, 0.05) is 36.8 Å². The third kappa shape index (κ3) is 5.15. The molecule has 1 aliphatic rings. The number of ether oxygens (including phenoxy) is 1. The van der Waals surface area contributed by atoms with E-state index in [2.05, 4.69) is 9.64 Å². The highest BCUT2D eigenvalue weighted by molar-refractivity contribution is 6.31. The van der Waals surface area contributed by atoms with Crippen LogP contribution in [0.25, 0.3) is 0 Å². The molecule has 1 aromatic rings. The molecule has 0 bridgehead atoms. The van der Waals surface area contributed by atoms with Crippen molar-refractivity contribution < 1.29 is 22.7 Å². The van der Waals surface area contributed by atoms with Crippen LogP contribution in [0.4, 0.5) is 13.2 Å². The Hall–Kier alpha value is -1.31. The van der Waals surface area contributed by atoms with E-state index in [1.165, 1.54) is 6.07 Å². The predicted octanol–water partition coefficient (Wildman–Crippen LogP) is 2.67. The fourth-order valence-corrected chi connectivity index (χ4v) is 2.44. The lowest BCUT2D eigenvalue weighted by atomic mass is 10.1. The molecule has 0 atom stereocenters. The molecule has 4 nitrogen and oxygen atoms in total. The van der Waals surface area contributed by atoms with Crippen molar-refractivity contribution in [1.29, 1.82) is 0 Å². The number of rotatable bonds is 4. The van der Waals surface area contributed by atoms with Gasteiger partial charge in [0.2, 0.25) is 0 Å². The van der Waals surface area contributed by atoms with Gasteiger partial charge in [0.15, 0.2) is 5.78 Å². The first-order valence-corrected chi connectivity index (χ1v) is 7.11. The molecule has 0 radical (unpaired) electrons. The highest BCUT2D eigenvalue weighted by Gasteiger charge is 2.31. The monoisotopic (exact) mass is 336 g/mol. The summed E-state index contributed by atoms with van der Waals surface area (Å²) in [5.41, 5.74) is 0.116. The highest BCUT2D eigenvalue weighted by Crippen LogP contribution is 2.27. The van der Waals surface area contributed by atoms with Crippen LogP contribution in [0.15, 0.2) is 18.2 Å². The molecule has 0 N–H and O–H groups in total. The van der Waals surface area contributed by atoms with Gasteiger partial charge in [-0.15, -0.1) is 13.2 Å². The molecule has 1 aromatic carbocycles. The zero-order valence-electron chi connectivity index (χ0n) is 12.0. The van der Waals surface area contributed by atoms with Crippen LogP contribution in [0.3, 0.4) is 0 Å². The van der Waals surface area contributed by atoms with Gasteiger partial charge in [-0.1, -0.05) is 11.6 Å². The number of nitrogens with zero attached hydrogens (tertiary/aromatic N) is 2. The number of ketones is 1. The molecular weight excluding hydrogens is 321 g/mol. The second-order valence-corrected chi connectivity index (χ2v) is 5.66. The van der Waals surface area contributed by atoms with Crippen molar-refractivity contribution in [3.8, 4) is 5.75 Å². The second-order valence-electron chi connectivity index (χ2n) is 5.23. The van der Waals surface area contributed by atoms with Crippen LogP contribution >= 0.6 is 11.6 Å². The maximum absolute atomic E-state index is 12.3. The van der Waals surface area contributed by atoms with Gasteiger partial charge >= 0.3 is 6.36 Å². The molecule has 0 aliphatic carbocycles. The summed E-state index contributed by atoms with van der Waals surface area (Å²) >= 11 is 5.76.